The van der Waals surface area contributed by atoms with Crippen LogP contribution in [0.1, 0.15) is 18.4 Å². The number of hydrogen-bond acceptors (Lipinski definition) is 3. The van der Waals surface area contributed by atoms with E-state index in [0.29, 0.717) is 6.61 Å². The third-order valence-electron chi connectivity index (χ3n) is 3.05. The van der Waals surface area contributed by atoms with Gasteiger partial charge < -0.3 is 10.5 Å². The second-order valence-corrected chi connectivity index (χ2v) is 5.52. The lowest BCUT2D eigenvalue weighted by molar-refractivity contribution is 0.181. The highest BCUT2D eigenvalue weighted by Crippen LogP contribution is 2.30. The molecule has 0 aromatic heterocycles. The summed E-state index contributed by atoms with van der Waals surface area (Å²) in [6, 6.07) is 8.20. The highest BCUT2D eigenvalue weighted by Gasteiger charge is 2.31. The predicted octanol–water partition coefficient (Wildman–Crippen LogP) is 2.46. The summed E-state index contributed by atoms with van der Waals surface area (Å²) in [4.78, 5) is 0. The molecule has 0 spiro atoms. The number of rotatable bonds is 4. The Kier molecular flexibility index (Phi) is 3.77. The topological polar surface area (TPSA) is 35.2 Å². The van der Waals surface area contributed by atoms with Crippen molar-refractivity contribution in [2.24, 2.45) is 5.73 Å². The van der Waals surface area contributed by atoms with Gasteiger partial charge in [-0.25, -0.2) is 0 Å². The molecule has 2 N–H and O–H groups in total. The molecule has 88 valence electrons. The summed E-state index contributed by atoms with van der Waals surface area (Å²) in [7, 11) is 0. The van der Waals surface area contributed by atoms with Gasteiger partial charge in [-0.15, -0.1) is 0 Å². The Morgan fingerprint density at radius 3 is 3.06 bits per heavy atom. The van der Waals surface area contributed by atoms with Gasteiger partial charge in [-0.1, -0.05) is 18.2 Å². The zero-order valence-electron chi connectivity index (χ0n) is 9.74. The molecule has 0 radical (unpaired) electrons. The number of nitrogens with two attached hydrogens (primary N) is 1. The molecule has 0 amide bonds. The maximum Gasteiger partial charge on any atom is 0.122 e. The summed E-state index contributed by atoms with van der Waals surface area (Å²) in [6.45, 7) is 0.651. The molecule has 0 saturated heterocycles. The molecule has 0 bridgehead atoms. The second-order valence-electron chi connectivity index (χ2n) is 4.53. The molecule has 1 unspecified atom stereocenters. The van der Waals surface area contributed by atoms with E-state index in [2.05, 4.69) is 18.4 Å². The Balaban J connectivity index is 2.00. The van der Waals surface area contributed by atoms with Gasteiger partial charge in [0.1, 0.15) is 12.4 Å². The van der Waals surface area contributed by atoms with Crippen LogP contribution in [0.5, 0.6) is 5.75 Å². The van der Waals surface area contributed by atoms with E-state index in [1.165, 1.54) is 17.7 Å². The molecule has 0 saturated carbocycles. The lowest BCUT2D eigenvalue weighted by Crippen LogP contribution is -2.50. The summed E-state index contributed by atoms with van der Waals surface area (Å²) in [5.74, 6) is 2.19. The Labute approximate surface area is 102 Å². The first-order valence-electron chi connectivity index (χ1n) is 5.72. The molecule has 2 rings (SSSR count). The minimum absolute atomic E-state index is 0.163. The molecule has 0 fully saturated rings. The maximum atomic E-state index is 6.38. The van der Waals surface area contributed by atoms with Gasteiger partial charge in [0.15, 0.2) is 0 Å². The van der Waals surface area contributed by atoms with Crippen molar-refractivity contribution in [2.75, 3.05) is 18.6 Å². The van der Waals surface area contributed by atoms with Crippen molar-refractivity contribution in [3.63, 3.8) is 0 Å². The average Bonchev–Trinajstić information content (AvgIpc) is 2.29. The van der Waals surface area contributed by atoms with Gasteiger partial charge in [0.2, 0.25) is 0 Å². The fourth-order valence-corrected chi connectivity index (χ4v) is 2.60. The molecule has 1 aromatic rings. The van der Waals surface area contributed by atoms with E-state index in [4.69, 9.17) is 10.5 Å². The molecular formula is C13H19NOS. The molecule has 3 heteroatoms. The van der Waals surface area contributed by atoms with Crippen molar-refractivity contribution in [2.45, 2.75) is 24.8 Å². The molecule has 1 atom stereocenters. The number of thioether (sulfide) groups is 1. The van der Waals surface area contributed by atoms with Crippen molar-refractivity contribution in [3.05, 3.63) is 29.8 Å². The van der Waals surface area contributed by atoms with Gasteiger partial charge in [0, 0.05) is 0 Å². The monoisotopic (exact) mass is 237 g/mol. The fourth-order valence-electron chi connectivity index (χ4n) is 2.17. The SMILES string of the molecule is CSCCCC1(N)COc2ccccc2C1. The first-order chi connectivity index (χ1) is 7.73. The van der Waals surface area contributed by atoms with Crippen molar-refractivity contribution in [1.29, 1.82) is 0 Å². The highest BCUT2D eigenvalue weighted by molar-refractivity contribution is 7.98. The fraction of sp³-hybridized carbons (Fsp3) is 0.538. The maximum absolute atomic E-state index is 6.38. The number of benzene rings is 1. The van der Waals surface area contributed by atoms with Crippen LogP contribution in [0.3, 0.4) is 0 Å². The van der Waals surface area contributed by atoms with Crippen molar-refractivity contribution < 1.29 is 4.74 Å². The van der Waals surface area contributed by atoms with E-state index < -0.39 is 0 Å². The van der Waals surface area contributed by atoms with Crippen LogP contribution < -0.4 is 10.5 Å². The summed E-state index contributed by atoms with van der Waals surface area (Å²) in [6.07, 6.45) is 5.29. The number of hydrogen-bond donors (Lipinski definition) is 1. The molecule has 1 aromatic carbocycles. The van der Waals surface area contributed by atoms with Crippen LogP contribution in [0.25, 0.3) is 0 Å². The summed E-state index contributed by atoms with van der Waals surface area (Å²) >= 11 is 1.88. The Hall–Kier alpha value is -0.670. The molecule has 1 aliphatic heterocycles. The van der Waals surface area contributed by atoms with Crippen LogP contribution in [-0.4, -0.2) is 24.2 Å². The quantitative estimate of drug-likeness (QED) is 0.817. The van der Waals surface area contributed by atoms with Gasteiger partial charge in [0.05, 0.1) is 5.54 Å². The highest BCUT2D eigenvalue weighted by atomic mass is 32.2. The minimum Gasteiger partial charge on any atom is -0.491 e. The molecule has 1 aliphatic rings. The van der Waals surface area contributed by atoms with E-state index >= 15 is 0 Å². The Morgan fingerprint density at radius 1 is 1.44 bits per heavy atom. The molecule has 2 nitrogen and oxygen atoms in total. The van der Waals surface area contributed by atoms with Crippen LogP contribution in [-0.2, 0) is 6.42 Å². The lowest BCUT2D eigenvalue weighted by Gasteiger charge is -2.34. The third kappa shape index (κ3) is 2.71. The predicted molar refractivity (Wildman–Crippen MR) is 70.2 cm³/mol. The molecule has 16 heavy (non-hydrogen) atoms. The van der Waals surface area contributed by atoms with Gasteiger partial charge >= 0.3 is 0 Å². The first-order valence-corrected chi connectivity index (χ1v) is 7.11. The molecule has 1 heterocycles. The normalized spacial score (nSPS) is 23.6. The van der Waals surface area contributed by atoms with Crippen LogP contribution in [0.2, 0.25) is 0 Å². The second kappa shape index (κ2) is 5.11. The van der Waals surface area contributed by atoms with Crippen LogP contribution >= 0.6 is 11.8 Å². The number of para-hydroxylation sites is 1. The van der Waals surface area contributed by atoms with Crippen LogP contribution in [0.4, 0.5) is 0 Å². The van der Waals surface area contributed by atoms with E-state index in [0.717, 1.165) is 18.6 Å². The standard InChI is InChI=1S/C13H19NOS/c1-16-8-4-7-13(14)9-11-5-2-3-6-12(11)15-10-13/h2-3,5-6H,4,7-10,14H2,1H3. The molecular weight excluding hydrogens is 218 g/mol. The first kappa shape index (κ1) is 11.8. The van der Waals surface area contributed by atoms with Gasteiger partial charge in [-0.05, 0) is 42.9 Å². The van der Waals surface area contributed by atoms with E-state index in [1.807, 2.05) is 23.9 Å². The summed E-state index contributed by atoms with van der Waals surface area (Å²) in [5.41, 5.74) is 7.47. The number of fused-ring (bicyclic) bond motifs is 1. The minimum atomic E-state index is -0.163. The number of ether oxygens (including phenoxy) is 1. The third-order valence-corrected chi connectivity index (χ3v) is 3.75. The molecule has 0 aliphatic carbocycles. The van der Waals surface area contributed by atoms with Gasteiger partial charge in [-0.2, -0.15) is 11.8 Å². The zero-order chi connectivity index (χ0) is 11.4. The van der Waals surface area contributed by atoms with E-state index in [9.17, 15) is 0 Å². The van der Waals surface area contributed by atoms with Crippen molar-refractivity contribution in [1.82, 2.24) is 0 Å². The largest absolute Gasteiger partial charge is 0.491 e. The van der Waals surface area contributed by atoms with Crippen LogP contribution in [0, 0.1) is 0 Å². The summed E-state index contributed by atoms with van der Waals surface area (Å²) < 4.78 is 5.74. The van der Waals surface area contributed by atoms with Crippen LogP contribution in [0.15, 0.2) is 24.3 Å². The van der Waals surface area contributed by atoms with Gasteiger partial charge in [0.25, 0.3) is 0 Å². The lowest BCUT2D eigenvalue weighted by atomic mass is 9.86. The van der Waals surface area contributed by atoms with Gasteiger partial charge in [-0.3, -0.25) is 0 Å². The van der Waals surface area contributed by atoms with E-state index in [-0.39, 0.29) is 5.54 Å². The zero-order valence-corrected chi connectivity index (χ0v) is 10.6. The summed E-state index contributed by atoms with van der Waals surface area (Å²) in [5, 5.41) is 0. The van der Waals surface area contributed by atoms with Crippen molar-refractivity contribution >= 4 is 11.8 Å². The van der Waals surface area contributed by atoms with Crippen molar-refractivity contribution in [3.8, 4) is 5.75 Å². The average molecular weight is 237 g/mol. The van der Waals surface area contributed by atoms with E-state index in [1.54, 1.807) is 0 Å². The smallest absolute Gasteiger partial charge is 0.122 e. The Morgan fingerprint density at radius 2 is 2.25 bits per heavy atom. The Bertz CT molecular complexity index is 356.